The van der Waals surface area contributed by atoms with Gasteiger partial charge in [0.2, 0.25) is 0 Å². The molecule has 0 bridgehead atoms. The minimum atomic E-state index is -2.84. The van der Waals surface area contributed by atoms with Crippen LogP contribution in [-0.4, -0.2) is 4.83 Å². The molecule has 0 aromatic rings. The molecule has 0 aromatic heterocycles. The minimum Gasteiger partial charge on any atom is -0.188 e. The first-order valence-corrected chi connectivity index (χ1v) is 6.25. The predicted molar refractivity (Wildman–Crippen MR) is 64.7 cm³/mol. The lowest BCUT2D eigenvalue weighted by Gasteiger charge is -2.13. The molecule has 0 heterocycles. The maximum atomic E-state index is 12.9. The highest BCUT2D eigenvalue weighted by Gasteiger charge is 2.30. The third-order valence-electron chi connectivity index (χ3n) is 1.66. The molecule has 0 aliphatic rings. The first kappa shape index (κ1) is 13.8. The average molecular weight is 367 g/mol. The summed E-state index contributed by atoms with van der Waals surface area (Å²) in [6.45, 7) is 4.01. The molecule has 0 spiro atoms. The lowest BCUT2D eigenvalue weighted by Crippen LogP contribution is -2.07. The molecule has 0 saturated heterocycles. The normalized spacial score (nSPS) is 11.5. The topological polar surface area (TPSA) is 0 Å². The predicted octanol–water partition coefficient (Wildman–Crippen LogP) is 5.26. The molecule has 0 nitrogen and oxygen atoms in total. The zero-order valence-corrected chi connectivity index (χ0v) is 11.6. The average Bonchev–Trinajstić information content (AvgIpc) is 2.01. The fourth-order valence-corrected chi connectivity index (χ4v) is 1.97. The van der Waals surface area contributed by atoms with Crippen LogP contribution in [-0.2, 0) is 0 Å². The molecule has 0 amide bonds. The van der Waals surface area contributed by atoms with Gasteiger partial charge in [-0.2, -0.15) is 8.78 Å². The van der Waals surface area contributed by atoms with Crippen LogP contribution in [0.5, 0.6) is 0 Å². The van der Waals surface area contributed by atoms with Gasteiger partial charge in [-0.05, 0) is 51.4 Å². The van der Waals surface area contributed by atoms with Crippen molar-refractivity contribution in [2.24, 2.45) is 0 Å². The summed E-state index contributed by atoms with van der Waals surface area (Å²) < 4.78 is 25.9. The first-order chi connectivity index (χ1) is 5.93. The number of halogens is 4. The Kier molecular flexibility index (Phi) is 6.72. The second-order valence-electron chi connectivity index (χ2n) is 2.92. The Balaban J connectivity index is 4.63. The van der Waals surface area contributed by atoms with E-state index >= 15 is 0 Å². The quantitative estimate of drug-likeness (QED) is 0.459. The van der Waals surface area contributed by atoms with Gasteiger partial charge in [0.25, 0.3) is 0 Å². The van der Waals surface area contributed by atoms with Crippen molar-refractivity contribution in [3.8, 4) is 0 Å². The maximum absolute atomic E-state index is 12.9. The van der Waals surface area contributed by atoms with Crippen LogP contribution in [0.3, 0.4) is 0 Å². The van der Waals surface area contributed by atoms with Crippen LogP contribution in [0, 0.1) is 0 Å². The second kappa shape index (κ2) is 6.32. The molecular formula is C9H14BrF2I. The van der Waals surface area contributed by atoms with Crippen molar-refractivity contribution in [2.45, 2.75) is 44.4 Å². The molecule has 0 rings (SSSR count). The second-order valence-corrected chi connectivity index (χ2v) is 4.99. The molecule has 13 heavy (non-hydrogen) atoms. The Morgan fingerprint density at radius 3 is 1.85 bits per heavy atom. The van der Waals surface area contributed by atoms with E-state index in [-0.39, 0.29) is 3.58 Å². The molecular weight excluding hydrogens is 353 g/mol. The van der Waals surface area contributed by atoms with Gasteiger partial charge in [0.05, 0.1) is 3.58 Å². The van der Waals surface area contributed by atoms with Gasteiger partial charge in [-0.25, -0.2) is 0 Å². The zero-order valence-electron chi connectivity index (χ0n) is 7.84. The molecule has 0 saturated carbocycles. The van der Waals surface area contributed by atoms with Crippen LogP contribution in [0.2, 0.25) is 0 Å². The summed E-state index contributed by atoms with van der Waals surface area (Å²) in [5.74, 6) is 0. The Labute approximate surface area is 100 Å². The summed E-state index contributed by atoms with van der Waals surface area (Å²) in [5.41, 5.74) is 0.882. The number of rotatable bonds is 5. The van der Waals surface area contributed by atoms with Gasteiger partial charge in [0, 0.05) is 0 Å². The number of allylic oxidation sites excluding steroid dienone is 2. The molecule has 0 aliphatic carbocycles. The smallest absolute Gasteiger partial charge is 0.188 e. The number of alkyl halides is 3. The summed E-state index contributed by atoms with van der Waals surface area (Å²) in [4.78, 5) is -2.84. The lowest BCUT2D eigenvalue weighted by molar-refractivity contribution is 0.167. The summed E-state index contributed by atoms with van der Waals surface area (Å²) >= 11 is 4.13. The van der Waals surface area contributed by atoms with E-state index in [9.17, 15) is 8.78 Å². The van der Waals surface area contributed by atoms with Crippen LogP contribution in [0.25, 0.3) is 0 Å². The first-order valence-electron chi connectivity index (χ1n) is 4.38. The van der Waals surface area contributed by atoms with Gasteiger partial charge in [-0.15, -0.1) is 0 Å². The van der Waals surface area contributed by atoms with Crippen LogP contribution in [0.4, 0.5) is 8.78 Å². The molecule has 0 atom stereocenters. The highest BCUT2D eigenvalue weighted by atomic mass is 127. The van der Waals surface area contributed by atoms with Crippen molar-refractivity contribution in [3.63, 3.8) is 0 Å². The summed E-state index contributed by atoms with van der Waals surface area (Å²) in [6, 6.07) is 0. The Bertz CT molecular complexity index is 177. The molecule has 0 N–H and O–H groups in total. The van der Waals surface area contributed by atoms with Gasteiger partial charge >= 0.3 is 4.83 Å². The van der Waals surface area contributed by atoms with E-state index in [4.69, 9.17) is 0 Å². The summed E-state index contributed by atoms with van der Waals surface area (Å²) in [6.07, 6.45) is 3.39. The largest absolute Gasteiger partial charge is 0.332 e. The van der Waals surface area contributed by atoms with E-state index in [0.717, 1.165) is 31.3 Å². The van der Waals surface area contributed by atoms with Crippen LogP contribution < -0.4 is 0 Å². The van der Waals surface area contributed by atoms with E-state index < -0.39 is 4.83 Å². The highest BCUT2D eigenvalue weighted by molar-refractivity contribution is 14.1. The minimum absolute atomic E-state index is 0.161. The van der Waals surface area contributed by atoms with Crippen LogP contribution >= 0.6 is 38.5 Å². The van der Waals surface area contributed by atoms with Crippen molar-refractivity contribution in [1.29, 1.82) is 0 Å². The van der Waals surface area contributed by atoms with Crippen LogP contribution in [0.1, 0.15) is 39.5 Å². The molecule has 0 aliphatic heterocycles. The number of hydrogen-bond acceptors (Lipinski definition) is 0. The Morgan fingerprint density at radius 2 is 1.62 bits per heavy atom. The standard InChI is InChI=1S/C9H14BrF2I/c1-3-5-7(6-4-2)8(13)9(10,11)12/h3-6H2,1-2H3. The molecule has 0 fully saturated rings. The Morgan fingerprint density at radius 1 is 1.23 bits per heavy atom. The number of hydrogen-bond donors (Lipinski definition) is 0. The fraction of sp³-hybridized carbons (Fsp3) is 0.778. The maximum Gasteiger partial charge on any atom is 0.332 e. The molecule has 0 unspecified atom stereocenters. The van der Waals surface area contributed by atoms with Gasteiger partial charge in [0.15, 0.2) is 0 Å². The summed E-state index contributed by atoms with van der Waals surface area (Å²) in [5, 5.41) is 0. The summed E-state index contributed by atoms with van der Waals surface area (Å²) in [7, 11) is 0. The highest BCUT2D eigenvalue weighted by Crippen LogP contribution is 2.39. The molecule has 0 radical (unpaired) electrons. The SMILES string of the molecule is CCCC(CCC)=C(I)C(F)(F)Br. The van der Waals surface area contributed by atoms with E-state index in [1.165, 1.54) is 0 Å². The lowest BCUT2D eigenvalue weighted by atomic mass is 10.1. The van der Waals surface area contributed by atoms with Crippen molar-refractivity contribution < 1.29 is 8.78 Å². The van der Waals surface area contributed by atoms with Crippen molar-refractivity contribution in [1.82, 2.24) is 0 Å². The van der Waals surface area contributed by atoms with Crippen molar-refractivity contribution in [3.05, 3.63) is 9.15 Å². The van der Waals surface area contributed by atoms with Gasteiger partial charge in [0.1, 0.15) is 0 Å². The Hall–Kier alpha value is 0.810. The van der Waals surface area contributed by atoms with E-state index in [1.807, 2.05) is 13.8 Å². The molecule has 0 aromatic carbocycles. The van der Waals surface area contributed by atoms with Gasteiger partial charge < -0.3 is 0 Å². The third kappa shape index (κ3) is 5.30. The zero-order chi connectivity index (χ0) is 10.5. The van der Waals surface area contributed by atoms with E-state index in [1.54, 1.807) is 22.6 Å². The van der Waals surface area contributed by atoms with Gasteiger partial charge in [-0.1, -0.05) is 32.3 Å². The molecule has 78 valence electrons. The third-order valence-corrected chi connectivity index (χ3v) is 4.24. The molecule has 4 heteroatoms. The van der Waals surface area contributed by atoms with Gasteiger partial charge in [-0.3, -0.25) is 0 Å². The van der Waals surface area contributed by atoms with E-state index in [2.05, 4.69) is 15.9 Å². The fourth-order valence-electron chi connectivity index (χ4n) is 1.15. The van der Waals surface area contributed by atoms with Crippen molar-refractivity contribution >= 4 is 38.5 Å². The van der Waals surface area contributed by atoms with Crippen LogP contribution in [0.15, 0.2) is 9.15 Å². The van der Waals surface area contributed by atoms with Crippen molar-refractivity contribution in [2.75, 3.05) is 0 Å². The van der Waals surface area contributed by atoms with E-state index in [0.29, 0.717) is 0 Å². The monoisotopic (exact) mass is 366 g/mol.